The van der Waals surface area contributed by atoms with Crippen LogP contribution in [0.5, 0.6) is 0 Å². The Labute approximate surface area is 178 Å². The van der Waals surface area contributed by atoms with Gasteiger partial charge < -0.3 is 15.3 Å². The molecule has 2 atom stereocenters. The standard InChI is InChI=1S/C21H23F3N6O.H2/c1-12-10-30(11-15(26-12)20(31)7-3-8-20)16-6-5-14(21(22,23)24)18(27-16)17-13-4-2-9-25-19(13)29-28-17;/h2,4-6,9,12,15,26,31H,3,7-8,10-11H2,1H3,(H,25,28,29);1H. The van der Waals surface area contributed by atoms with Gasteiger partial charge in [-0.2, -0.15) is 18.3 Å². The molecule has 1 aliphatic carbocycles. The number of aromatic nitrogens is 4. The van der Waals surface area contributed by atoms with E-state index in [0.717, 1.165) is 25.3 Å². The maximum atomic E-state index is 13.8. The first kappa shape index (κ1) is 20.2. The van der Waals surface area contributed by atoms with Crippen LogP contribution in [0.2, 0.25) is 0 Å². The van der Waals surface area contributed by atoms with E-state index in [0.29, 0.717) is 29.9 Å². The van der Waals surface area contributed by atoms with E-state index in [9.17, 15) is 18.3 Å². The normalized spacial score (nSPS) is 23.7. The number of piperazine rings is 1. The quantitative estimate of drug-likeness (QED) is 0.586. The minimum Gasteiger partial charge on any atom is -0.388 e. The third-order valence-electron chi connectivity index (χ3n) is 6.33. The topological polar surface area (TPSA) is 90.0 Å². The number of alkyl halides is 3. The van der Waals surface area contributed by atoms with E-state index in [-0.39, 0.29) is 24.9 Å². The third-order valence-corrected chi connectivity index (χ3v) is 6.33. The summed E-state index contributed by atoms with van der Waals surface area (Å²) >= 11 is 0. The zero-order chi connectivity index (χ0) is 21.8. The van der Waals surface area contributed by atoms with E-state index >= 15 is 0 Å². The zero-order valence-electron chi connectivity index (χ0n) is 16.9. The van der Waals surface area contributed by atoms with Crippen LogP contribution in [0.25, 0.3) is 22.4 Å². The second kappa shape index (κ2) is 7.16. The maximum absolute atomic E-state index is 13.8. The van der Waals surface area contributed by atoms with Crippen molar-refractivity contribution in [3.63, 3.8) is 0 Å². The van der Waals surface area contributed by atoms with Crippen molar-refractivity contribution >= 4 is 16.9 Å². The Morgan fingerprint density at radius 3 is 2.74 bits per heavy atom. The first-order valence-corrected chi connectivity index (χ1v) is 10.4. The summed E-state index contributed by atoms with van der Waals surface area (Å²) in [6, 6.07) is 5.71. The molecular weight excluding hydrogens is 409 g/mol. The number of nitrogens with zero attached hydrogens (tertiary/aromatic N) is 4. The van der Waals surface area contributed by atoms with Crippen molar-refractivity contribution in [1.82, 2.24) is 25.5 Å². The van der Waals surface area contributed by atoms with Crippen LogP contribution < -0.4 is 10.2 Å². The fourth-order valence-corrected chi connectivity index (χ4v) is 4.55. The van der Waals surface area contributed by atoms with Crippen molar-refractivity contribution in [3.05, 3.63) is 36.0 Å². The van der Waals surface area contributed by atoms with E-state index in [1.807, 2.05) is 11.8 Å². The molecule has 4 heterocycles. The van der Waals surface area contributed by atoms with Crippen LogP contribution >= 0.6 is 0 Å². The number of anilines is 1. The lowest BCUT2D eigenvalue weighted by Gasteiger charge is -2.49. The lowest BCUT2D eigenvalue weighted by molar-refractivity contribution is -0.137. The van der Waals surface area contributed by atoms with Crippen molar-refractivity contribution in [3.8, 4) is 11.4 Å². The fraction of sp³-hybridized carbons (Fsp3) is 0.476. The second-order valence-corrected chi connectivity index (χ2v) is 8.52. The number of aromatic amines is 1. The highest BCUT2D eigenvalue weighted by Crippen LogP contribution is 2.40. The van der Waals surface area contributed by atoms with Crippen molar-refractivity contribution < 1.29 is 19.7 Å². The van der Waals surface area contributed by atoms with Gasteiger partial charge in [0.15, 0.2) is 5.65 Å². The minimum atomic E-state index is -4.57. The number of halogens is 3. The molecule has 2 fully saturated rings. The van der Waals surface area contributed by atoms with Gasteiger partial charge in [-0.15, -0.1) is 0 Å². The summed E-state index contributed by atoms with van der Waals surface area (Å²) in [5.74, 6) is 0.441. The SMILES string of the molecule is CC1CN(c2ccc(C(F)(F)F)c(-c3[nH]nc4ncccc34)n2)CC(C2(O)CCC2)N1.[HH]. The maximum Gasteiger partial charge on any atom is 0.418 e. The van der Waals surface area contributed by atoms with Crippen molar-refractivity contribution in [1.29, 1.82) is 0 Å². The lowest BCUT2D eigenvalue weighted by Crippen LogP contribution is -2.66. The average molecular weight is 434 g/mol. The summed E-state index contributed by atoms with van der Waals surface area (Å²) < 4.78 is 41.4. The Kier molecular flexibility index (Phi) is 4.67. The van der Waals surface area contributed by atoms with Crippen molar-refractivity contribution in [2.24, 2.45) is 0 Å². The van der Waals surface area contributed by atoms with Gasteiger partial charge >= 0.3 is 6.18 Å². The summed E-state index contributed by atoms with van der Waals surface area (Å²) in [6.07, 6.45) is -0.601. The minimum absolute atomic E-state index is 0. The van der Waals surface area contributed by atoms with Gasteiger partial charge in [0.05, 0.1) is 22.9 Å². The predicted molar refractivity (Wildman–Crippen MR) is 112 cm³/mol. The van der Waals surface area contributed by atoms with Gasteiger partial charge in [-0.1, -0.05) is 0 Å². The van der Waals surface area contributed by atoms with E-state index in [1.165, 1.54) is 12.3 Å². The highest BCUT2D eigenvalue weighted by molar-refractivity contribution is 5.90. The first-order valence-electron chi connectivity index (χ1n) is 10.4. The largest absolute Gasteiger partial charge is 0.418 e. The fourth-order valence-electron chi connectivity index (χ4n) is 4.55. The molecule has 3 aromatic heterocycles. The predicted octanol–water partition coefficient (Wildman–Crippen LogP) is 3.37. The molecule has 31 heavy (non-hydrogen) atoms. The van der Waals surface area contributed by atoms with Gasteiger partial charge in [0, 0.05) is 32.1 Å². The number of nitrogens with one attached hydrogen (secondary N) is 2. The molecule has 7 nitrogen and oxygen atoms in total. The Hall–Kier alpha value is -2.72. The van der Waals surface area contributed by atoms with Crippen LogP contribution in [-0.2, 0) is 6.18 Å². The van der Waals surface area contributed by atoms with E-state index in [2.05, 4.69) is 25.5 Å². The molecule has 0 bridgehead atoms. The van der Waals surface area contributed by atoms with Crippen LogP contribution in [0.1, 0.15) is 33.2 Å². The molecule has 10 heteroatoms. The highest BCUT2D eigenvalue weighted by Gasteiger charge is 2.45. The van der Waals surface area contributed by atoms with Gasteiger partial charge in [0.2, 0.25) is 0 Å². The van der Waals surface area contributed by atoms with Crippen LogP contribution in [0, 0.1) is 0 Å². The molecule has 0 amide bonds. The molecule has 1 aliphatic heterocycles. The number of pyridine rings is 2. The number of rotatable bonds is 3. The molecule has 2 unspecified atom stereocenters. The summed E-state index contributed by atoms with van der Waals surface area (Å²) in [5, 5.41) is 21.5. The number of H-pyrrole nitrogens is 1. The smallest absolute Gasteiger partial charge is 0.388 e. The van der Waals surface area contributed by atoms with Crippen LogP contribution in [-0.4, -0.2) is 56.0 Å². The average Bonchev–Trinajstić information content (AvgIpc) is 3.14. The molecule has 5 rings (SSSR count). The Balaban J connectivity index is 0.00000245. The molecule has 0 radical (unpaired) electrons. The summed E-state index contributed by atoms with van der Waals surface area (Å²) in [6.45, 7) is 3.06. The third kappa shape index (κ3) is 3.53. The summed E-state index contributed by atoms with van der Waals surface area (Å²) in [5.41, 5.74) is -1.28. The van der Waals surface area contributed by atoms with Crippen LogP contribution in [0.15, 0.2) is 30.5 Å². The van der Waals surface area contributed by atoms with E-state index in [1.54, 1.807) is 12.1 Å². The molecule has 1 saturated carbocycles. The molecular formula is C21H25F3N6O. The molecule has 166 valence electrons. The first-order chi connectivity index (χ1) is 14.7. The number of hydrogen-bond donors (Lipinski definition) is 3. The monoisotopic (exact) mass is 434 g/mol. The Morgan fingerprint density at radius 1 is 1.23 bits per heavy atom. The number of hydrogen-bond acceptors (Lipinski definition) is 6. The molecule has 1 saturated heterocycles. The van der Waals surface area contributed by atoms with E-state index in [4.69, 9.17) is 0 Å². The molecule has 0 aromatic carbocycles. The number of aliphatic hydroxyl groups is 1. The van der Waals surface area contributed by atoms with Gasteiger partial charge in [-0.25, -0.2) is 9.97 Å². The summed E-state index contributed by atoms with van der Waals surface area (Å²) in [4.78, 5) is 10.5. The zero-order valence-corrected chi connectivity index (χ0v) is 16.9. The van der Waals surface area contributed by atoms with Crippen LogP contribution in [0.3, 0.4) is 0 Å². The van der Waals surface area contributed by atoms with Crippen molar-refractivity contribution in [2.75, 3.05) is 18.0 Å². The molecule has 0 spiro atoms. The van der Waals surface area contributed by atoms with Crippen LogP contribution in [0.4, 0.5) is 19.0 Å². The molecule has 3 N–H and O–H groups in total. The van der Waals surface area contributed by atoms with E-state index < -0.39 is 17.3 Å². The number of fused-ring (bicyclic) bond motifs is 1. The van der Waals surface area contributed by atoms with Gasteiger partial charge in [0.25, 0.3) is 0 Å². The molecule has 2 aliphatic rings. The Morgan fingerprint density at radius 2 is 2.03 bits per heavy atom. The van der Waals surface area contributed by atoms with Gasteiger partial charge in [-0.05, 0) is 50.5 Å². The Bertz CT molecular complexity index is 1120. The summed E-state index contributed by atoms with van der Waals surface area (Å²) in [7, 11) is 0. The molecule has 3 aromatic rings. The highest BCUT2D eigenvalue weighted by atomic mass is 19.4. The van der Waals surface area contributed by atoms with Gasteiger partial charge in [-0.3, -0.25) is 5.10 Å². The van der Waals surface area contributed by atoms with Gasteiger partial charge in [0.1, 0.15) is 11.5 Å². The lowest BCUT2D eigenvalue weighted by atomic mass is 9.73. The van der Waals surface area contributed by atoms with Crippen molar-refractivity contribution in [2.45, 2.75) is 50.0 Å². The second-order valence-electron chi connectivity index (χ2n) is 8.52.